The Morgan fingerprint density at radius 2 is 1.82 bits per heavy atom. The van der Waals surface area contributed by atoms with Crippen LogP contribution in [0, 0.1) is 5.41 Å². The Bertz CT molecular complexity index is 461. The molecule has 0 fully saturated rings. The maximum Gasteiger partial charge on any atom is 0.229 e. The summed E-state index contributed by atoms with van der Waals surface area (Å²) < 4.78 is 0. The zero-order valence-corrected chi connectivity index (χ0v) is 11.2. The van der Waals surface area contributed by atoms with E-state index in [0.717, 1.165) is 0 Å². The lowest BCUT2D eigenvalue weighted by Crippen LogP contribution is -2.27. The van der Waals surface area contributed by atoms with Gasteiger partial charge in [-0.3, -0.25) is 9.59 Å². The second-order valence-corrected chi connectivity index (χ2v) is 5.36. The van der Waals surface area contributed by atoms with E-state index in [4.69, 9.17) is 11.6 Å². The van der Waals surface area contributed by atoms with Crippen molar-refractivity contribution in [2.75, 3.05) is 5.32 Å². The zero-order chi connectivity index (χ0) is 13.2. The van der Waals surface area contributed by atoms with Gasteiger partial charge in [-0.25, -0.2) is 0 Å². The zero-order valence-electron chi connectivity index (χ0n) is 10.4. The van der Waals surface area contributed by atoms with Gasteiger partial charge < -0.3 is 5.32 Å². The highest BCUT2D eigenvalue weighted by Crippen LogP contribution is 2.25. The second-order valence-electron chi connectivity index (χ2n) is 4.95. The molecule has 0 atom stereocenters. The van der Waals surface area contributed by atoms with Crippen LogP contribution in [0.25, 0.3) is 0 Å². The monoisotopic (exact) mass is 253 g/mol. The highest BCUT2D eigenvalue weighted by atomic mass is 35.5. The van der Waals surface area contributed by atoms with Crippen molar-refractivity contribution in [1.82, 2.24) is 0 Å². The fourth-order valence-electron chi connectivity index (χ4n) is 1.15. The van der Waals surface area contributed by atoms with Crippen molar-refractivity contribution in [3.05, 3.63) is 28.8 Å². The number of amides is 1. The van der Waals surface area contributed by atoms with E-state index >= 15 is 0 Å². The fraction of sp³-hybridized carbons (Fsp3) is 0.385. The van der Waals surface area contributed by atoms with Crippen molar-refractivity contribution in [3.8, 4) is 0 Å². The summed E-state index contributed by atoms with van der Waals surface area (Å²) in [5.41, 5.74) is 0.572. The van der Waals surface area contributed by atoms with Gasteiger partial charge in [-0.1, -0.05) is 32.4 Å². The summed E-state index contributed by atoms with van der Waals surface area (Å²) in [6, 6.07) is 4.84. The minimum Gasteiger partial charge on any atom is -0.324 e. The van der Waals surface area contributed by atoms with Gasteiger partial charge in [-0.15, -0.1) is 0 Å². The van der Waals surface area contributed by atoms with Gasteiger partial charge in [0.2, 0.25) is 5.91 Å². The molecule has 1 N–H and O–H groups in total. The Hall–Kier alpha value is -1.35. The minimum atomic E-state index is -0.484. The van der Waals surface area contributed by atoms with E-state index in [-0.39, 0.29) is 11.7 Å². The van der Waals surface area contributed by atoms with Crippen LogP contribution in [-0.2, 0) is 4.79 Å². The number of Topliss-reactive ketones (excluding diaryl/α,β-unsaturated/α-hetero) is 1. The van der Waals surface area contributed by atoms with Crippen LogP contribution in [0.3, 0.4) is 0 Å². The van der Waals surface area contributed by atoms with Gasteiger partial charge in [0.1, 0.15) is 0 Å². The summed E-state index contributed by atoms with van der Waals surface area (Å²) in [6.45, 7) is 6.93. The lowest BCUT2D eigenvalue weighted by Gasteiger charge is -2.18. The SMILES string of the molecule is CC(=O)c1ccc(NC(=O)C(C)(C)C)c(Cl)c1. The van der Waals surface area contributed by atoms with Crippen LogP contribution in [0.2, 0.25) is 5.02 Å². The highest BCUT2D eigenvalue weighted by molar-refractivity contribution is 6.34. The number of carbonyl (C=O) groups is 2. The third-order valence-corrected chi connectivity index (χ3v) is 2.62. The molecule has 17 heavy (non-hydrogen) atoms. The number of hydrogen-bond donors (Lipinski definition) is 1. The van der Waals surface area contributed by atoms with Crippen molar-refractivity contribution in [1.29, 1.82) is 0 Å². The van der Waals surface area contributed by atoms with E-state index in [2.05, 4.69) is 5.32 Å². The van der Waals surface area contributed by atoms with Crippen LogP contribution in [0.4, 0.5) is 5.69 Å². The molecule has 1 amide bonds. The number of ketones is 1. The molecular formula is C13H16ClNO2. The molecule has 0 aliphatic heterocycles. The Kier molecular flexibility index (Phi) is 3.94. The standard InChI is InChI=1S/C13H16ClNO2/c1-8(16)9-5-6-11(10(14)7-9)15-12(17)13(2,3)4/h5-7H,1-4H3,(H,15,17). The average molecular weight is 254 g/mol. The van der Waals surface area contributed by atoms with Gasteiger partial charge in [-0.05, 0) is 25.1 Å². The molecule has 0 saturated heterocycles. The first-order valence-electron chi connectivity index (χ1n) is 5.34. The van der Waals surface area contributed by atoms with Crippen LogP contribution < -0.4 is 5.32 Å². The van der Waals surface area contributed by atoms with E-state index in [1.165, 1.54) is 6.92 Å². The van der Waals surface area contributed by atoms with Gasteiger partial charge in [0.25, 0.3) is 0 Å². The lowest BCUT2D eigenvalue weighted by molar-refractivity contribution is -0.123. The van der Waals surface area contributed by atoms with Crippen molar-refractivity contribution in [2.45, 2.75) is 27.7 Å². The number of rotatable bonds is 2. The first-order chi connectivity index (χ1) is 7.71. The number of nitrogens with one attached hydrogen (secondary N) is 1. The van der Waals surface area contributed by atoms with Crippen LogP contribution in [-0.4, -0.2) is 11.7 Å². The van der Waals surface area contributed by atoms with Crippen LogP contribution >= 0.6 is 11.6 Å². The fourth-order valence-corrected chi connectivity index (χ4v) is 1.37. The van der Waals surface area contributed by atoms with Gasteiger partial charge in [0.05, 0.1) is 10.7 Å². The molecule has 1 aromatic rings. The smallest absolute Gasteiger partial charge is 0.229 e. The van der Waals surface area contributed by atoms with E-state index in [9.17, 15) is 9.59 Å². The van der Waals surface area contributed by atoms with Crippen molar-refractivity contribution in [3.63, 3.8) is 0 Å². The van der Waals surface area contributed by atoms with Gasteiger partial charge in [0, 0.05) is 11.0 Å². The minimum absolute atomic E-state index is 0.0550. The maximum absolute atomic E-state index is 11.8. The van der Waals surface area contributed by atoms with Crippen molar-refractivity contribution >= 4 is 29.0 Å². The van der Waals surface area contributed by atoms with E-state index in [1.54, 1.807) is 18.2 Å². The summed E-state index contributed by atoms with van der Waals surface area (Å²) in [4.78, 5) is 22.9. The number of halogens is 1. The molecule has 0 aromatic heterocycles. The molecule has 1 rings (SSSR count). The van der Waals surface area contributed by atoms with Gasteiger partial charge >= 0.3 is 0 Å². The van der Waals surface area contributed by atoms with E-state index in [1.807, 2.05) is 20.8 Å². The Labute approximate surface area is 106 Å². The Morgan fingerprint density at radius 1 is 1.24 bits per heavy atom. The topological polar surface area (TPSA) is 46.2 Å². The van der Waals surface area contributed by atoms with Gasteiger partial charge in [-0.2, -0.15) is 0 Å². The largest absolute Gasteiger partial charge is 0.324 e. The molecule has 0 radical (unpaired) electrons. The third-order valence-electron chi connectivity index (χ3n) is 2.30. The van der Waals surface area contributed by atoms with E-state index < -0.39 is 5.41 Å². The molecular weight excluding hydrogens is 238 g/mol. The molecule has 0 heterocycles. The Balaban J connectivity index is 2.95. The molecule has 0 unspecified atom stereocenters. The van der Waals surface area contributed by atoms with E-state index in [0.29, 0.717) is 16.3 Å². The highest BCUT2D eigenvalue weighted by Gasteiger charge is 2.21. The summed E-state index contributed by atoms with van der Waals surface area (Å²) in [6.07, 6.45) is 0. The number of hydrogen-bond acceptors (Lipinski definition) is 2. The van der Waals surface area contributed by atoms with Crippen LogP contribution in [0.1, 0.15) is 38.1 Å². The summed E-state index contributed by atoms with van der Waals surface area (Å²) in [5.74, 6) is -0.171. The Morgan fingerprint density at radius 3 is 2.24 bits per heavy atom. The molecule has 1 aromatic carbocycles. The third kappa shape index (κ3) is 3.56. The predicted octanol–water partition coefficient (Wildman–Crippen LogP) is 3.53. The molecule has 0 spiro atoms. The molecule has 3 nitrogen and oxygen atoms in total. The molecule has 92 valence electrons. The predicted molar refractivity (Wildman–Crippen MR) is 69.5 cm³/mol. The van der Waals surface area contributed by atoms with Crippen LogP contribution in [0.15, 0.2) is 18.2 Å². The summed E-state index contributed by atoms with van der Waals surface area (Å²) in [7, 11) is 0. The lowest BCUT2D eigenvalue weighted by atomic mass is 9.95. The summed E-state index contributed by atoms with van der Waals surface area (Å²) in [5, 5.41) is 3.10. The van der Waals surface area contributed by atoms with Gasteiger partial charge in [0.15, 0.2) is 5.78 Å². The normalized spacial score (nSPS) is 11.1. The average Bonchev–Trinajstić information content (AvgIpc) is 2.19. The molecule has 4 heteroatoms. The molecule has 0 aliphatic rings. The number of carbonyl (C=O) groups excluding carboxylic acids is 2. The molecule has 0 bridgehead atoms. The number of anilines is 1. The van der Waals surface area contributed by atoms with Crippen LogP contribution in [0.5, 0.6) is 0 Å². The van der Waals surface area contributed by atoms with Crippen molar-refractivity contribution < 1.29 is 9.59 Å². The maximum atomic E-state index is 11.8. The van der Waals surface area contributed by atoms with Crippen molar-refractivity contribution in [2.24, 2.45) is 5.41 Å². The second kappa shape index (κ2) is 4.88. The first-order valence-corrected chi connectivity index (χ1v) is 5.71. The molecule has 0 saturated carbocycles. The quantitative estimate of drug-likeness (QED) is 0.820. The summed E-state index contributed by atoms with van der Waals surface area (Å²) >= 11 is 6.00. The first kappa shape index (κ1) is 13.7. The molecule has 0 aliphatic carbocycles. The number of benzene rings is 1.